The molecule has 0 heterocycles. The van der Waals surface area contributed by atoms with E-state index in [-0.39, 0.29) is 5.56 Å². The lowest BCUT2D eigenvalue weighted by Gasteiger charge is -2.09. The molecule has 0 aliphatic heterocycles. The molecule has 1 atom stereocenters. The first kappa shape index (κ1) is 10.9. The van der Waals surface area contributed by atoms with Crippen LogP contribution in [0.3, 0.4) is 0 Å². The Morgan fingerprint density at radius 2 is 1.86 bits per heavy atom. The summed E-state index contributed by atoms with van der Waals surface area (Å²) >= 11 is 0. The summed E-state index contributed by atoms with van der Waals surface area (Å²) in [4.78, 5) is 0. The first-order chi connectivity index (χ1) is 6.63. The van der Waals surface area contributed by atoms with Crippen LogP contribution in [0, 0.1) is 11.6 Å². The summed E-state index contributed by atoms with van der Waals surface area (Å²) in [6.07, 6.45) is 1.85. The predicted octanol–water partition coefficient (Wildman–Crippen LogP) is 2.96. The molecule has 0 aliphatic carbocycles. The van der Waals surface area contributed by atoms with Crippen LogP contribution in [0.1, 0.15) is 24.5 Å². The second-order valence-electron chi connectivity index (χ2n) is 3.08. The number of aliphatic hydroxyl groups excluding tert-OH is 1. The smallest absolute Gasteiger partial charge is 0.126 e. The molecule has 1 nitrogen and oxygen atoms in total. The molecule has 0 aliphatic rings. The summed E-state index contributed by atoms with van der Waals surface area (Å²) in [7, 11) is 0. The van der Waals surface area contributed by atoms with Gasteiger partial charge in [-0.1, -0.05) is 6.08 Å². The molecule has 0 bridgehead atoms. The van der Waals surface area contributed by atoms with E-state index in [1.807, 2.05) is 0 Å². The zero-order chi connectivity index (χ0) is 10.6. The molecule has 3 heteroatoms. The van der Waals surface area contributed by atoms with Crippen LogP contribution in [0.5, 0.6) is 0 Å². The van der Waals surface area contributed by atoms with Crippen molar-refractivity contribution in [2.45, 2.75) is 18.9 Å². The van der Waals surface area contributed by atoms with Crippen molar-refractivity contribution in [2.24, 2.45) is 0 Å². The summed E-state index contributed by atoms with van der Waals surface area (Å²) in [5.41, 5.74) is 0.268. The normalized spacial score (nSPS) is 12.5. The predicted molar refractivity (Wildman–Crippen MR) is 50.7 cm³/mol. The lowest BCUT2D eigenvalue weighted by molar-refractivity contribution is 0.168. The highest BCUT2D eigenvalue weighted by atomic mass is 19.1. The SMILES string of the molecule is C=CCCC(O)c1cc(F)cc(F)c1. The average Bonchev–Trinajstić information content (AvgIpc) is 2.12. The number of allylic oxidation sites excluding steroid dienone is 1. The topological polar surface area (TPSA) is 20.2 Å². The van der Waals surface area contributed by atoms with Crippen molar-refractivity contribution in [3.8, 4) is 0 Å². The molecule has 0 spiro atoms. The van der Waals surface area contributed by atoms with E-state index in [2.05, 4.69) is 6.58 Å². The molecule has 76 valence electrons. The van der Waals surface area contributed by atoms with Crippen molar-refractivity contribution in [2.75, 3.05) is 0 Å². The third kappa shape index (κ3) is 2.92. The van der Waals surface area contributed by atoms with Crippen LogP contribution in [0.25, 0.3) is 0 Å². The Morgan fingerprint density at radius 3 is 2.36 bits per heavy atom. The van der Waals surface area contributed by atoms with Crippen molar-refractivity contribution in [1.82, 2.24) is 0 Å². The lowest BCUT2D eigenvalue weighted by atomic mass is 10.0. The van der Waals surface area contributed by atoms with Gasteiger partial charge in [-0.15, -0.1) is 6.58 Å². The minimum absolute atomic E-state index is 0.268. The van der Waals surface area contributed by atoms with Crippen LogP contribution in [0.15, 0.2) is 30.9 Å². The van der Waals surface area contributed by atoms with Gasteiger partial charge >= 0.3 is 0 Å². The Bertz CT molecular complexity index is 303. The molecule has 0 saturated carbocycles. The third-order valence-corrected chi connectivity index (χ3v) is 1.91. The molecule has 1 N–H and O–H groups in total. The van der Waals surface area contributed by atoms with Crippen LogP contribution < -0.4 is 0 Å². The molecule has 0 saturated heterocycles. The van der Waals surface area contributed by atoms with Gasteiger partial charge in [0.1, 0.15) is 11.6 Å². The third-order valence-electron chi connectivity index (χ3n) is 1.91. The number of aliphatic hydroxyl groups is 1. The van der Waals surface area contributed by atoms with E-state index in [4.69, 9.17) is 0 Å². The first-order valence-electron chi connectivity index (χ1n) is 4.38. The fourth-order valence-corrected chi connectivity index (χ4v) is 1.21. The Labute approximate surface area is 81.7 Å². The highest BCUT2D eigenvalue weighted by Gasteiger charge is 2.09. The van der Waals surface area contributed by atoms with Gasteiger partial charge in [0, 0.05) is 6.07 Å². The number of benzene rings is 1. The van der Waals surface area contributed by atoms with E-state index in [1.54, 1.807) is 6.08 Å². The average molecular weight is 198 g/mol. The van der Waals surface area contributed by atoms with Crippen molar-refractivity contribution in [1.29, 1.82) is 0 Å². The minimum Gasteiger partial charge on any atom is -0.388 e. The molecule has 1 unspecified atom stereocenters. The molecule has 1 aromatic rings. The second kappa shape index (κ2) is 4.86. The Hall–Kier alpha value is -1.22. The van der Waals surface area contributed by atoms with Gasteiger partial charge in [0.15, 0.2) is 0 Å². The quantitative estimate of drug-likeness (QED) is 0.737. The van der Waals surface area contributed by atoms with Crippen LogP contribution in [0.2, 0.25) is 0 Å². The molecule has 1 aromatic carbocycles. The molecular weight excluding hydrogens is 186 g/mol. The summed E-state index contributed by atoms with van der Waals surface area (Å²) in [5.74, 6) is -1.34. The maximum Gasteiger partial charge on any atom is 0.126 e. The highest BCUT2D eigenvalue weighted by molar-refractivity contribution is 5.20. The number of halogens is 2. The Morgan fingerprint density at radius 1 is 1.29 bits per heavy atom. The number of hydrogen-bond acceptors (Lipinski definition) is 1. The molecule has 1 rings (SSSR count). The van der Waals surface area contributed by atoms with Gasteiger partial charge in [0.25, 0.3) is 0 Å². The molecule has 14 heavy (non-hydrogen) atoms. The fourth-order valence-electron chi connectivity index (χ4n) is 1.21. The van der Waals surface area contributed by atoms with E-state index < -0.39 is 17.7 Å². The Balaban J connectivity index is 2.78. The van der Waals surface area contributed by atoms with Crippen molar-refractivity contribution in [3.05, 3.63) is 48.1 Å². The van der Waals surface area contributed by atoms with Crippen LogP contribution in [0.4, 0.5) is 8.78 Å². The molecule has 0 amide bonds. The van der Waals surface area contributed by atoms with Crippen LogP contribution in [-0.2, 0) is 0 Å². The van der Waals surface area contributed by atoms with Gasteiger partial charge in [-0.05, 0) is 30.5 Å². The van der Waals surface area contributed by atoms with Crippen molar-refractivity contribution >= 4 is 0 Å². The van der Waals surface area contributed by atoms with Crippen LogP contribution in [-0.4, -0.2) is 5.11 Å². The summed E-state index contributed by atoms with van der Waals surface area (Å²) < 4.78 is 25.5. The summed E-state index contributed by atoms with van der Waals surface area (Å²) in [6.45, 7) is 3.50. The van der Waals surface area contributed by atoms with E-state index in [0.29, 0.717) is 12.8 Å². The Kier molecular flexibility index (Phi) is 3.77. The van der Waals surface area contributed by atoms with E-state index in [9.17, 15) is 13.9 Å². The maximum atomic E-state index is 12.7. The largest absolute Gasteiger partial charge is 0.388 e. The second-order valence-corrected chi connectivity index (χ2v) is 3.08. The number of hydrogen-bond donors (Lipinski definition) is 1. The van der Waals surface area contributed by atoms with E-state index >= 15 is 0 Å². The standard InChI is InChI=1S/C11H12F2O/c1-2-3-4-11(14)8-5-9(12)7-10(13)6-8/h2,5-7,11,14H,1,3-4H2. The first-order valence-corrected chi connectivity index (χ1v) is 4.38. The zero-order valence-corrected chi connectivity index (χ0v) is 7.71. The van der Waals surface area contributed by atoms with Crippen molar-refractivity contribution in [3.63, 3.8) is 0 Å². The molecular formula is C11H12F2O. The van der Waals surface area contributed by atoms with Gasteiger partial charge in [-0.3, -0.25) is 0 Å². The monoisotopic (exact) mass is 198 g/mol. The molecule has 0 fully saturated rings. The lowest BCUT2D eigenvalue weighted by Crippen LogP contribution is -1.98. The highest BCUT2D eigenvalue weighted by Crippen LogP contribution is 2.20. The van der Waals surface area contributed by atoms with Gasteiger partial charge < -0.3 is 5.11 Å². The van der Waals surface area contributed by atoms with E-state index in [0.717, 1.165) is 18.2 Å². The maximum absolute atomic E-state index is 12.7. The summed E-state index contributed by atoms with van der Waals surface area (Å²) in [5, 5.41) is 9.52. The molecule has 0 aromatic heterocycles. The van der Waals surface area contributed by atoms with Gasteiger partial charge in [0.05, 0.1) is 6.10 Å². The van der Waals surface area contributed by atoms with Gasteiger partial charge in [-0.2, -0.15) is 0 Å². The number of rotatable bonds is 4. The molecule has 0 radical (unpaired) electrons. The van der Waals surface area contributed by atoms with Gasteiger partial charge in [-0.25, -0.2) is 8.78 Å². The fraction of sp³-hybridized carbons (Fsp3) is 0.273. The van der Waals surface area contributed by atoms with E-state index in [1.165, 1.54) is 0 Å². The van der Waals surface area contributed by atoms with Gasteiger partial charge in [0.2, 0.25) is 0 Å². The zero-order valence-electron chi connectivity index (χ0n) is 7.71. The minimum atomic E-state index is -0.835. The van der Waals surface area contributed by atoms with Crippen LogP contribution >= 0.6 is 0 Å². The van der Waals surface area contributed by atoms with Crippen molar-refractivity contribution < 1.29 is 13.9 Å². The summed E-state index contributed by atoms with van der Waals surface area (Å²) in [6, 6.07) is 3.05.